The lowest BCUT2D eigenvalue weighted by molar-refractivity contribution is -0.149. The summed E-state index contributed by atoms with van der Waals surface area (Å²) in [6.45, 7) is 7.96. The van der Waals surface area contributed by atoms with E-state index in [0.29, 0.717) is 25.0 Å². The molecule has 3 unspecified atom stereocenters. The molecule has 0 aromatic heterocycles. The van der Waals surface area contributed by atoms with Crippen LogP contribution in [0.25, 0.3) is 0 Å². The first-order valence-corrected chi connectivity index (χ1v) is 12.4. The number of likely N-dealkylation sites (tertiary alicyclic amines) is 2. The second kappa shape index (κ2) is 10.3. The fraction of sp³-hybridized carbons (Fsp3) is 0.519. The third-order valence-corrected chi connectivity index (χ3v) is 7.53. The van der Waals surface area contributed by atoms with E-state index in [-0.39, 0.29) is 18.1 Å². The lowest BCUT2D eigenvalue weighted by Crippen LogP contribution is -2.50. The number of rotatable bonds is 7. The predicted molar refractivity (Wildman–Crippen MR) is 129 cm³/mol. The SMILES string of the molecule is N[C@@H](CCN1CC2CN(C(=O)C3CN(Cc4ccccc4)CCO3)CC2C1)c1ccccc1. The Morgan fingerprint density at radius 1 is 0.909 bits per heavy atom. The highest BCUT2D eigenvalue weighted by atomic mass is 16.5. The molecule has 0 radical (unpaired) electrons. The van der Waals surface area contributed by atoms with E-state index in [1.165, 1.54) is 11.1 Å². The smallest absolute Gasteiger partial charge is 0.253 e. The Morgan fingerprint density at radius 2 is 1.58 bits per heavy atom. The van der Waals surface area contributed by atoms with Crippen molar-refractivity contribution in [2.24, 2.45) is 17.6 Å². The van der Waals surface area contributed by atoms with Crippen molar-refractivity contribution in [2.45, 2.75) is 25.1 Å². The molecule has 6 nitrogen and oxygen atoms in total. The van der Waals surface area contributed by atoms with Gasteiger partial charge < -0.3 is 20.3 Å². The number of nitrogens with two attached hydrogens (primary N) is 1. The topological polar surface area (TPSA) is 62.0 Å². The summed E-state index contributed by atoms with van der Waals surface area (Å²) in [5.41, 5.74) is 8.89. The van der Waals surface area contributed by atoms with Crippen molar-refractivity contribution in [1.29, 1.82) is 0 Å². The Bertz CT molecular complexity index is 895. The van der Waals surface area contributed by atoms with Gasteiger partial charge in [-0.2, -0.15) is 0 Å². The average molecular weight is 449 g/mol. The van der Waals surface area contributed by atoms with Gasteiger partial charge in [-0.05, 0) is 35.9 Å². The maximum Gasteiger partial charge on any atom is 0.253 e. The van der Waals surface area contributed by atoms with Gasteiger partial charge in [0.25, 0.3) is 5.91 Å². The summed E-state index contributed by atoms with van der Waals surface area (Å²) < 4.78 is 5.91. The van der Waals surface area contributed by atoms with Crippen molar-refractivity contribution in [3.05, 3.63) is 71.8 Å². The van der Waals surface area contributed by atoms with Crippen molar-refractivity contribution >= 4 is 5.91 Å². The van der Waals surface area contributed by atoms with Gasteiger partial charge in [-0.15, -0.1) is 0 Å². The summed E-state index contributed by atoms with van der Waals surface area (Å²) in [5, 5.41) is 0. The van der Waals surface area contributed by atoms with Crippen molar-refractivity contribution in [1.82, 2.24) is 14.7 Å². The molecule has 0 aliphatic carbocycles. The standard InChI is InChI=1S/C27H36N4O2/c28-25(22-9-5-2-6-10-22)11-12-29-16-23-18-31(19-24(23)17-29)27(32)26-20-30(13-14-33-26)15-21-7-3-1-4-8-21/h1-10,23-26H,11-20,28H2/t23?,24?,25-,26?/m0/s1. The molecule has 3 saturated heterocycles. The molecule has 33 heavy (non-hydrogen) atoms. The van der Waals surface area contributed by atoms with Crippen molar-refractivity contribution in [2.75, 3.05) is 52.4 Å². The molecule has 1 amide bonds. The summed E-state index contributed by atoms with van der Waals surface area (Å²) in [6, 6.07) is 20.9. The Kier molecular flexibility index (Phi) is 7.07. The summed E-state index contributed by atoms with van der Waals surface area (Å²) in [7, 11) is 0. The summed E-state index contributed by atoms with van der Waals surface area (Å²) in [6.07, 6.45) is 0.639. The molecule has 4 atom stereocenters. The molecule has 0 saturated carbocycles. The minimum absolute atomic E-state index is 0.0898. The lowest BCUT2D eigenvalue weighted by atomic mass is 10.0. The second-order valence-corrected chi connectivity index (χ2v) is 9.91. The number of fused-ring (bicyclic) bond motifs is 1. The van der Waals surface area contributed by atoms with Crippen molar-refractivity contribution in [3.8, 4) is 0 Å². The Morgan fingerprint density at radius 3 is 2.27 bits per heavy atom. The fourth-order valence-corrected chi connectivity index (χ4v) is 5.68. The van der Waals surface area contributed by atoms with E-state index >= 15 is 0 Å². The highest BCUT2D eigenvalue weighted by Crippen LogP contribution is 2.32. The maximum atomic E-state index is 13.2. The molecule has 0 spiro atoms. The van der Waals surface area contributed by atoms with Crippen LogP contribution in [0.15, 0.2) is 60.7 Å². The van der Waals surface area contributed by atoms with Crippen LogP contribution in [0.1, 0.15) is 23.6 Å². The number of hydrogen-bond donors (Lipinski definition) is 1. The Balaban J connectivity index is 1.08. The van der Waals surface area contributed by atoms with Gasteiger partial charge in [0.2, 0.25) is 0 Å². The van der Waals surface area contributed by atoms with Crippen LogP contribution in [-0.2, 0) is 16.1 Å². The molecule has 2 aromatic carbocycles. The minimum Gasteiger partial charge on any atom is -0.366 e. The zero-order chi connectivity index (χ0) is 22.6. The molecule has 3 aliphatic heterocycles. The lowest BCUT2D eigenvalue weighted by Gasteiger charge is -2.34. The van der Waals surface area contributed by atoms with Gasteiger partial charge in [0.1, 0.15) is 6.10 Å². The number of ether oxygens (including phenoxy) is 1. The van der Waals surface area contributed by atoms with E-state index < -0.39 is 0 Å². The Hall–Kier alpha value is -2.25. The minimum atomic E-state index is -0.332. The molecular weight excluding hydrogens is 412 g/mol. The number of amides is 1. The largest absolute Gasteiger partial charge is 0.366 e. The normalized spacial score (nSPS) is 26.9. The first-order valence-electron chi connectivity index (χ1n) is 12.4. The van der Waals surface area contributed by atoms with Crippen molar-refractivity contribution < 1.29 is 9.53 Å². The van der Waals surface area contributed by atoms with Gasteiger partial charge in [0.05, 0.1) is 6.61 Å². The van der Waals surface area contributed by atoms with Gasteiger partial charge in [-0.3, -0.25) is 9.69 Å². The number of morpholine rings is 1. The quantitative estimate of drug-likeness (QED) is 0.705. The summed E-state index contributed by atoms with van der Waals surface area (Å²) in [4.78, 5) is 20.2. The van der Waals surface area contributed by atoms with Crippen LogP contribution in [0.5, 0.6) is 0 Å². The predicted octanol–water partition coefficient (Wildman–Crippen LogP) is 2.37. The molecule has 0 bridgehead atoms. The van der Waals surface area contributed by atoms with Crippen LogP contribution in [0.3, 0.4) is 0 Å². The summed E-state index contributed by atoms with van der Waals surface area (Å²) >= 11 is 0. The van der Waals surface area contributed by atoms with Gasteiger partial charge in [-0.25, -0.2) is 0 Å². The van der Waals surface area contributed by atoms with Crippen LogP contribution in [0.2, 0.25) is 0 Å². The molecule has 3 fully saturated rings. The van der Waals surface area contributed by atoms with Crippen LogP contribution < -0.4 is 5.73 Å². The van der Waals surface area contributed by atoms with Gasteiger partial charge in [0, 0.05) is 51.9 Å². The number of benzene rings is 2. The molecule has 5 rings (SSSR count). The monoisotopic (exact) mass is 448 g/mol. The second-order valence-electron chi connectivity index (χ2n) is 9.91. The average Bonchev–Trinajstić information content (AvgIpc) is 3.42. The molecule has 3 aliphatic rings. The van der Waals surface area contributed by atoms with Gasteiger partial charge in [-0.1, -0.05) is 60.7 Å². The van der Waals surface area contributed by atoms with E-state index in [2.05, 4.69) is 63.2 Å². The number of nitrogens with zero attached hydrogens (tertiary/aromatic N) is 3. The van der Waals surface area contributed by atoms with E-state index in [1.54, 1.807) is 0 Å². The number of carbonyl (C=O) groups excluding carboxylic acids is 1. The van der Waals surface area contributed by atoms with Crippen molar-refractivity contribution in [3.63, 3.8) is 0 Å². The third kappa shape index (κ3) is 5.46. The van der Waals surface area contributed by atoms with Crippen LogP contribution in [-0.4, -0.2) is 79.1 Å². The third-order valence-electron chi connectivity index (χ3n) is 7.53. The maximum absolute atomic E-state index is 13.2. The molecule has 2 aromatic rings. The zero-order valence-electron chi connectivity index (χ0n) is 19.4. The van der Waals surface area contributed by atoms with E-state index in [0.717, 1.165) is 52.2 Å². The van der Waals surface area contributed by atoms with Gasteiger partial charge in [0.15, 0.2) is 0 Å². The van der Waals surface area contributed by atoms with E-state index in [4.69, 9.17) is 10.5 Å². The zero-order valence-corrected chi connectivity index (χ0v) is 19.4. The highest BCUT2D eigenvalue weighted by molar-refractivity contribution is 5.81. The molecular formula is C27H36N4O2. The van der Waals surface area contributed by atoms with Gasteiger partial charge >= 0.3 is 0 Å². The van der Waals surface area contributed by atoms with Crippen LogP contribution in [0.4, 0.5) is 0 Å². The molecule has 6 heteroatoms. The van der Waals surface area contributed by atoms with E-state index in [9.17, 15) is 4.79 Å². The highest BCUT2D eigenvalue weighted by Gasteiger charge is 2.43. The number of carbonyl (C=O) groups is 1. The first kappa shape index (κ1) is 22.5. The van der Waals surface area contributed by atoms with Crippen LogP contribution >= 0.6 is 0 Å². The number of hydrogen-bond acceptors (Lipinski definition) is 5. The summed E-state index contributed by atoms with van der Waals surface area (Å²) in [5.74, 6) is 1.33. The molecule has 2 N–H and O–H groups in total. The first-order chi connectivity index (χ1) is 16.2. The molecule has 3 heterocycles. The fourth-order valence-electron chi connectivity index (χ4n) is 5.68. The van der Waals surface area contributed by atoms with Crippen LogP contribution in [0, 0.1) is 11.8 Å². The molecule has 176 valence electrons. The Labute approximate surface area is 197 Å². The van der Waals surface area contributed by atoms with E-state index in [1.807, 2.05) is 12.1 Å².